The number of hydrogen-bond acceptors (Lipinski definition) is 4. The molecule has 0 fully saturated rings. The van der Waals surface area contributed by atoms with Gasteiger partial charge in [-0.1, -0.05) is 28.1 Å². The Kier molecular flexibility index (Phi) is 5.28. The van der Waals surface area contributed by atoms with Gasteiger partial charge in [0.1, 0.15) is 11.6 Å². The second-order valence-corrected chi connectivity index (χ2v) is 7.19. The van der Waals surface area contributed by atoms with Crippen LogP contribution in [0.3, 0.4) is 0 Å². The third-order valence-corrected chi connectivity index (χ3v) is 5.44. The number of anilines is 2. The fourth-order valence-electron chi connectivity index (χ4n) is 3.08. The minimum Gasteiger partial charge on any atom is -0.496 e. The first-order chi connectivity index (χ1) is 12.4. The van der Waals surface area contributed by atoms with E-state index in [1.54, 1.807) is 13.3 Å². The van der Waals surface area contributed by atoms with Crippen molar-refractivity contribution < 1.29 is 4.74 Å². The van der Waals surface area contributed by atoms with E-state index < -0.39 is 0 Å². The standard InChI is InChI=1S/C21H22BrN3O/c1-12-6-8-16(22)14(3)19(12)21-23-11-10-18(25-21)24-20-13(2)7-9-17(26-5)15(20)4/h6-11H,1-5H3,(H,23,24,25). The Morgan fingerprint density at radius 2 is 1.65 bits per heavy atom. The number of aryl methyl sites for hydroxylation is 2. The molecule has 26 heavy (non-hydrogen) atoms. The average Bonchev–Trinajstić information content (AvgIpc) is 2.63. The fourth-order valence-corrected chi connectivity index (χ4v) is 3.41. The number of nitrogens with one attached hydrogen (secondary N) is 1. The highest BCUT2D eigenvalue weighted by Crippen LogP contribution is 2.33. The number of aromatic nitrogens is 2. The number of hydrogen-bond donors (Lipinski definition) is 1. The van der Waals surface area contributed by atoms with Gasteiger partial charge in [-0.25, -0.2) is 9.97 Å². The summed E-state index contributed by atoms with van der Waals surface area (Å²) in [6.07, 6.45) is 1.79. The van der Waals surface area contributed by atoms with E-state index in [0.29, 0.717) is 5.82 Å². The molecule has 0 radical (unpaired) electrons. The Morgan fingerprint density at radius 1 is 0.923 bits per heavy atom. The zero-order valence-electron chi connectivity index (χ0n) is 15.6. The second kappa shape index (κ2) is 7.46. The van der Waals surface area contributed by atoms with E-state index >= 15 is 0 Å². The number of rotatable bonds is 4. The van der Waals surface area contributed by atoms with Crippen molar-refractivity contribution in [3.8, 4) is 17.1 Å². The van der Waals surface area contributed by atoms with E-state index in [9.17, 15) is 0 Å². The average molecular weight is 412 g/mol. The number of methoxy groups -OCH3 is 1. The highest BCUT2D eigenvalue weighted by molar-refractivity contribution is 9.10. The minimum atomic E-state index is 0.713. The summed E-state index contributed by atoms with van der Waals surface area (Å²) < 4.78 is 6.49. The molecule has 5 heteroatoms. The van der Waals surface area contributed by atoms with Crippen LogP contribution in [0.25, 0.3) is 11.4 Å². The lowest BCUT2D eigenvalue weighted by molar-refractivity contribution is 0.412. The Bertz CT molecular complexity index is 970. The van der Waals surface area contributed by atoms with Gasteiger partial charge in [-0.05, 0) is 62.6 Å². The summed E-state index contributed by atoms with van der Waals surface area (Å²) in [4.78, 5) is 9.25. The zero-order valence-corrected chi connectivity index (χ0v) is 17.2. The van der Waals surface area contributed by atoms with Crippen LogP contribution in [0.5, 0.6) is 5.75 Å². The first kappa shape index (κ1) is 18.4. The summed E-state index contributed by atoms with van der Waals surface area (Å²) in [7, 11) is 1.68. The van der Waals surface area contributed by atoms with Crippen molar-refractivity contribution in [1.82, 2.24) is 9.97 Å². The van der Waals surface area contributed by atoms with E-state index in [2.05, 4.69) is 59.1 Å². The lowest BCUT2D eigenvalue weighted by Gasteiger charge is -2.16. The molecule has 0 bridgehead atoms. The smallest absolute Gasteiger partial charge is 0.162 e. The van der Waals surface area contributed by atoms with Crippen molar-refractivity contribution >= 4 is 27.4 Å². The maximum atomic E-state index is 5.44. The van der Waals surface area contributed by atoms with Crippen molar-refractivity contribution in [2.75, 3.05) is 12.4 Å². The van der Waals surface area contributed by atoms with Gasteiger partial charge in [0.05, 0.1) is 7.11 Å². The summed E-state index contributed by atoms with van der Waals surface area (Å²) in [5.74, 6) is 2.32. The van der Waals surface area contributed by atoms with Crippen LogP contribution in [0.15, 0.2) is 41.0 Å². The molecule has 1 aromatic heterocycles. The van der Waals surface area contributed by atoms with E-state index in [1.807, 2.05) is 25.1 Å². The summed E-state index contributed by atoms with van der Waals surface area (Å²) >= 11 is 3.60. The van der Waals surface area contributed by atoms with Gasteiger partial charge < -0.3 is 10.1 Å². The molecule has 3 rings (SSSR count). The molecule has 0 aliphatic rings. The maximum absolute atomic E-state index is 5.44. The lowest BCUT2D eigenvalue weighted by atomic mass is 10.0. The zero-order chi connectivity index (χ0) is 18.8. The molecule has 0 aliphatic heterocycles. The van der Waals surface area contributed by atoms with Crippen molar-refractivity contribution in [3.05, 3.63) is 63.3 Å². The molecule has 1 N–H and O–H groups in total. The molecule has 0 atom stereocenters. The van der Waals surface area contributed by atoms with Crippen molar-refractivity contribution in [1.29, 1.82) is 0 Å². The van der Waals surface area contributed by atoms with Gasteiger partial charge in [0.15, 0.2) is 5.82 Å². The second-order valence-electron chi connectivity index (χ2n) is 6.34. The number of ether oxygens (including phenoxy) is 1. The summed E-state index contributed by atoms with van der Waals surface area (Å²) in [6.45, 7) is 8.26. The van der Waals surface area contributed by atoms with Gasteiger partial charge in [0, 0.05) is 27.5 Å². The number of benzene rings is 2. The van der Waals surface area contributed by atoms with Crippen LogP contribution >= 0.6 is 15.9 Å². The van der Waals surface area contributed by atoms with Crippen LogP contribution in [0.1, 0.15) is 22.3 Å². The van der Waals surface area contributed by atoms with E-state index in [0.717, 1.165) is 49.5 Å². The molecule has 0 aliphatic carbocycles. The lowest BCUT2D eigenvalue weighted by Crippen LogP contribution is -2.02. The first-order valence-electron chi connectivity index (χ1n) is 8.42. The van der Waals surface area contributed by atoms with E-state index in [-0.39, 0.29) is 0 Å². The SMILES string of the molecule is COc1ccc(C)c(Nc2ccnc(-c3c(C)ccc(Br)c3C)n2)c1C. The highest BCUT2D eigenvalue weighted by atomic mass is 79.9. The molecule has 2 aromatic carbocycles. The minimum absolute atomic E-state index is 0.713. The maximum Gasteiger partial charge on any atom is 0.162 e. The molecule has 3 aromatic rings. The molecule has 4 nitrogen and oxygen atoms in total. The topological polar surface area (TPSA) is 47.0 Å². The van der Waals surface area contributed by atoms with E-state index in [4.69, 9.17) is 9.72 Å². The molecule has 1 heterocycles. The number of halogens is 1. The fraction of sp³-hybridized carbons (Fsp3) is 0.238. The molecule has 134 valence electrons. The molecular weight excluding hydrogens is 390 g/mol. The molecule has 0 saturated carbocycles. The van der Waals surface area contributed by atoms with Crippen LogP contribution in [-0.2, 0) is 0 Å². The predicted octanol–water partition coefficient (Wildman–Crippen LogP) is 5.89. The van der Waals surface area contributed by atoms with Gasteiger partial charge >= 0.3 is 0 Å². The van der Waals surface area contributed by atoms with Crippen molar-refractivity contribution in [2.45, 2.75) is 27.7 Å². The monoisotopic (exact) mass is 411 g/mol. The van der Waals surface area contributed by atoms with Crippen LogP contribution in [-0.4, -0.2) is 17.1 Å². The summed E-state index contributed by atoms with van der Waals surface area (Å²) in [5.41, 5.74) is 6.55. The third kappa shape index (κ3) is 3.44. The molecule has 0 saturated heterocycles. The van der Waals surface area contributed by atoms with Gasteiger partial charge in [0.2, 0.25) is 0 Å². The van der Waals surface area contributed by atoms with Gasteiger partial charge in [-0.3, -0.25) is 0 Å². The Hall–Kier alpha value is -2.40. The quantitative estimate of drug-likeness (QED) is 0.580. The molecular formula is C21H22BrN3O. The van der Waals surface area contributed by atoms with Gasteiger partial charge in [0.25, 0.3) is 0 Å². The van der Waals surface area contributed by atoms with Crippen LogP contribution in [0, 0.1) is 27.7 Å². The molecule has 0 amide bonds. The third-order valence-electron chi connectivity index (χ3n) is 4.58. The predicted molar refractivity (Wildman–Crippen MR) is 110 cm³/mol. The van der Waals surface area contributed by atoms with Crippen LogP contribution in [0.2, 0.25) is 0 Å². The Balaban J connectivity index is 2.04. The highest BCUT2D eigenvalue weighted by Gasteiger charge is 2.13. The van der Waals surface area contributed by atoms with Crippen molar-refractivity contribution in [3.63, 3.8) is 0 Å². The van der Waals surface area contributed by atoms with E-state index in [1.165, 1.54) is 0 Å². The summed E-state index contributed by atoms with van der Waals surface area (Å²) in [5, 5.41) is 3.44. The Labute approximate surface area is 162 Å². The van der Waals surface area contributed by atoms with Gasteiger partial charge in [-0.2, -0.15) is 0 Å². The first-order valence-corrected chi connectivity index (χ1v) is 9.22. The van der Waals surface area contributed by atoms with Crippen molar-refractivity contribution in [2.24, 2.45) is 0 Å². The normalized spacial score (nSPS) is 10.7. The number of nitrogens with zero attached hydrogens (tertiary/aromatic N) is 2. The van der Waals surface area contributed by atoms with Crippen LogP contribution in [0.4, 0.5) is 11.5 Å². The molecule has 0 unspecified atom stereocenters. The largest absolute Gasteiger partial charge is 0.496 e. The van der Waals surface area contributed by atoms with Gasteiger partial charge in [-0.15, -0.1) is 0 Å². The Morgan fingerprint density at radius 3 is 2.38 bits per heavy atom. The molecule has 0 spiro atoms. The van der Waals surface area contributed by atoms with Crippen LogP contribution < -0.4 is 10.1 Å². The summed E-state index contributed by atoms with van der Waals surface area (Å²) in [6, 6.07) is 10.0.